The van der Waals surface area contributed by atoms with Gasteiger partial charge in [0, 0.05) is 35.1 Å². The SMILES string of the molecule is CN=C(NCC(=O)NC(C)(C)C)NC1CC1c1c(F)cccc1Cl. The van der Waals surface area contributed by atoms with Crippen LogP contribution >= 0.6 is 11.6 Å². The number of amides is 1. The number of rotatable bonds is 4. The van der Waals surface area contributed by atoms with Crippen LogP contribution < -0.4 is 16.0 Å². The molecule has 2 unspecified atom stereocenters. The molecule has 24 heavy (non-hydrogen) atoms. The van der Waals surface area contributed by atoms with Crippen LogP contribution in [0.25, 0.3) is 0 Å². The van der Waals surface area contributed by atoms with Crippen molar-refractivity contribution in [1.29, 1.82) is 0 Å². The van der Waals surface area contributed by atoms with Crippen LogP contribution in [0.2, 0.25) is 5.02 Å². The van der Waals surface area contributed by atoms with Gasteiger partial charge in [0.05, 0.1) is 6.54 Å². The van der Waals surface area contributed by atoms with Crippen molar-refractivity contribution in [3.63, 3.8) is 0 Å². The number of carbonyl (C=O) groups is 1. The first kappa shape index (κ1) is 18.5. The summed E-state index contributed by atoms with van der Waals surface area (Å²) in [6, 6.07) is 4.76. The Balaban J connectivity index is 1.86. The lowest BCUT2D eigenvalue weighted by atomic mass is 10.1. The molecule has 0 aliphatic heterocycles. The third-order valence-corrected chi connectivity index (χ3v) is 3.97. The molecule has 1 aliphatic rings. The molecule has 5 nitrogen and oxygen atoms in total. The molecular formula is C17H24ClFN4O. The van der Waals surface area contributed by atoms with Crippen LogP contribution in [0.4, 0.5) is 4.39 Å². The number of carbonyl (C=O) groups excluding carboxylic acids is 1. The van der Waals surface area contributed by atoms with Gasteiger partial charge >= 0.3 is 0 Å². The number of hydrogen-bond donors (Lipinski definition) is 3. The molecule has 0 radical (unpaired) electrons. The third kappa shape index (κ3) is 5.09. The number of benzene rings is 1. The Labute approximate surface area is 147 Å². The van der Waals surface area contributed by atoms with E-state index in [0.29, 0.717) is 16.5 Å². The summed E-state index contributed by atoms with van der Waals surface area (Å²) >= 11 is 6.10. The molecule has 0 heterocycles. The van der Waals surface area contributed by atoms with Crippen molar-refractivity contribution in [2.45, 2.75) is 44.7 Å². The molecule has 7 heteroatoms. The van der Waals surface area contributed by atoms with Crippen molar-refractivity contribution < 1.29 is 9.18 Å². The Morgan fingerprint density at radius 3 is 2.71 bits per heavy atom. The standard InChI is InChI=1S/C17H24ClFN4O/c1-17(2,3)23-14(24)9-21-16(20-4)22-13-8-10(13)15-11(18)6-5-7-12(15)19/h5-7,10,13H,8-9H2,1-4H3,(H,23,24)(H2,20,21,22). The van der Waals surface area contributed by atoms with Gasteiger partial charge in [-0.1, -0.05) is 17.7 Å². The fourth-order valence-corrected chi connectivity index (χ4v) is 2.84. The zero-order chi connectivity index (χ0) is 17.9. The van der Waals surface area contributed by atoms with Gasteiger partial charge in [-0.2, -0.15) is 0 Å². The van der Waals surface area contributed by atoms with Gasteiger partial charge in [-0.05, 0) is 39.3 Å². The quantitative estimate of drug-likeness (QED) is 0.574. The van der Waals surface area contributed by atoms with Crippen LogP contribution in [-0.4, -0.2) is 37.0 Å². The number of hydrogen-bond acceptors (Lipinski definition) is 2. The van der Waals surface area contributed by atoms with E-state index >= 15 is 0 Å². The van der Waals surface area contributed by atoms with Gasteiger partial charge in [0.2, 0.25) is 5.91 Å². The largest absolute Gasteiger partial charge is 0.353 e. The van der Waals surface area contributed by atoms with E-state index in [4.69, 9.17) is 11.6 Å². The number of halogens is 2. The van der Waals surface area contributed by atoms with Crippen molar-refractivity contribution >= 4 is 23.5 Å². The molecule has 1 aromatic carbocycles. The maximum Gasteiger partial charge on any atom is 0.239 e. The van der Waals surface area contributed by atoms with Gasteiger partial charge < -0.3 is 16.0 Å². The predicted molar refractivity (Wildman–Crippen MR) is 94.9 cm³/mol. The molecule has 0 saturated heterocycles. The summed E-state index contributed by atoms with van der Waals surface area (Å²) in [6.07, 6.45) is 0.773. The van der Waals surface area contributed by atoms with Crippen LogP contribution in [0.1, 0.15) is 38.7 Å². The Morgan fingerprint density at radius 2 is 2.12 bits per heavy atom. The van der Waals surface area contributed by atoms with Crippen LogP contribution in [0.15, 0.2) is 23.2 Å². The lowest BCUT2D eigenvalue weighted by molar-refractivity contribution is -0.121. The first-order valence-corrected chi connectivity index (χ1v) is 8.31. The lowest BCUT2D eigenvalue weighted by Crippen LogP contribution is -2.48. The van der Waals surface area contributed by atoms with Gasteiger partial charge in [-0.3, -0.25) is 9.79 Å². The average Bonchev–Trinajstić information content (AvgIpc) is 3.20. The third-order valence-electron chi connectivity index (χ3n) is 3.64. The van der Waals surface area contributed by atoms with Gasteiger partial charge in [0.15, 0.2) is 5.96 Å². The maximum absolute atomic E-state index is 13.9. The molecule has 2 rings (SSSR count). The molecular weight excluding hydrogens is 331 g/mol. The molecule has 1 saturated carbocycles. The second-order valence-corrected chi connectivity index (χ2v) is 7.36. The minimum Gasteiger partial charge on any atom is -0.353 e. The highest BCUT2D eigenvalue weighted by atomic mass is 35.5. The van der Waals surface area contributed by atoms with E-state index in [1.807, 2.05) is 20.8 Å². The zero-order valence-electron chi connectivity index (χ0n) is 14.4. The van der Waals surface area contributed by atoms with Crippen molar-refractivity contribution in [3.8, 4) is 0 Å². The van der Waals surface area contributed by atoms with E-state index < -0.39 is 0 Å². The summed E-state index contributed by atoms with van der Waals surface area (Å²) in [7, 11) is 1.63. The van der Waals surface area contributed by atoms with Crippen molar-refractivity contribution in [1.82, 2.24) is 16.0 Å². The topological polar surface area (TPSA) is 65.5 Å². The van der Waals surface area contributed by atoms with Gasteiger partial charge in [-0.25, -0.2) is 4.39 Å². The number of aliphatic imine (C=N–C) groups is 1. The normalized spacial score (nSPS) is 20.5. The molecule has 2 atom stereocenters. The summed E-state index contributed by atoms with van der Waals surface area (Å²) in [6.45, 7) is 5.88. The Hall–Kier alpha value is -1.82. The number of nitrogens with zero attached hydrogens (tertiary/aromatic N) is 1. The van der Waals surface area contributed by atoms with Crippen molar-refractivity contribution in [3.05, 3.63) is 34.6 Å². The van der Waals surface area contributed by atoms with Crippen LogP contribution in [-0.2, 0) is 4.79 Å². The van der Waals surface area contributed by atoms with Crippen LogP contribution in [0, 0.1) is 5.82 Å². The highest BCUT2D eigenvalue weighted by Crippen LogP contribution is 2.44. The molecule has 0 spiro atoms. The van der Waals surface area contributed by atoms with Gasteiger partial charge in [-0.15, -0.1) is 0 Å². The number of guanidine groups is 1. The monoisotopic (exact) mass is 354 g/mol. The fourth-order valence-electron chi connectivity index (χ4n) is 2.54. The Kier molecular flexibility index (Phi) is 5.70. The van der Waals surface area contributed by atoms with Crippen LogP contribution in [0.5, 0.6) is 0 Å². The molecule has 132 valence electrons. The minimum absolute atomic E-state index is 0.0145. The Morgan fingerprint density at radius 1 is 1.42 bits per heavy atom. The van der Waals surface area contributed by atoms with E-state index in [1.165, 1.54) is 6.07 Å². The summed E-state index contributed by atoms with van der Waals surface area (Å²) < 4.78 is 13.9. The summed E-state index contributed by atoms with van der Waals surface area (Å²) in [5, 5.41) is 9.47. The van der Waals surface area contributed by atoms with E-state index in [2.05, 4.69) is 20.9 Å². The fraction of sp³-hybridized carbons (Fsp3) is 0.529. The Bertz CT molecular complexity index is 622. The molecule has 0 bridgehead atoms. The second-order valence-electron chi connectivity index (χ2n) is 6.95. The molecule has 1 fully saturated rings. The number of nitrogens with one attached hydrogen (secondary N) is 3. The van der Waals surface area contributed by atoms with E-state index in [0.717, 1.165) is 6.42 Å². The summed E-state index contributed by atoms with van der Waals surface area (Å²) in [4.78, 5) is 15.9. The summed E-state index contributed by atoms with van der Waals surface area (Å²) in [5.41, 5.74) is 0.261. The lowest BCUT2D eigenvalue weighted by Gasteiger charge is -2.21. The predicted octanol–water partition coefficient (Wildman–Crippen LogP) is 2.41. The molecule has 1 amide bonds. The first-order chi connectivity index (χ1) is 11.2. The molecule has 1 aromatic rings. The molecule has 1 aliphatic carbocycles. The average molecular weight is 355 g/mol. The first-order valence-electron chi connectivity index (χ1n) is 7.93. The van der Waals surface area contributed by atoms with Gasteiger partial charge in [0.1, 0.15) is 5.82 Å². The smallest absolute Gasteiger partial charge is 0.239 e. The highest BCUT2D eigenvalue weighted by Gasteiger charge is 2.41. The van der Waals surface area contributed by atoms with Crippen molar-refractivity contribution in [2.24, 2.45) is 4.99 Å². The van der Waals surface area contributed by atoms with E-state index in [9.17, 15) is 9.18 Å². The minimum atomic E-state index is -0.288. The molecule has 0 aromatic heterocycles. The van der Waals surface area contributed by atoms with Gasteiger partial charge in [0.25, 0.3) is 0 Å². The van der Waals surface area contributed by atoms with Crippen molar-refractivity contribution in [2.75, 3.05) is 13.6 Å². The van der Waals surface area contributed by atoms with E-state index in [-0.39, 0.29) is 35.8 Å². The molecule has 3 N–H and O–H groups in total. The summed E-state index contributed by atoms with van der Waals surface area (Å²) in [5.74, 6) is 0.124. The van der Waals surface area contributed by atoms with Crippen LogP contribution in [0.3, 0.4) is 0 Å². The second kappa shape index (κ2) is 7.38. The highest BCUT2D eigenvalue weighted by molar-refractivity contribution is 6.31. The van der Waals surface area contributed by atoms with E-state index in [1.54, 1.807) is 19.2 Å². The zero-order valence-corrected chi connectivity index (χ0v) is 15.2. The maximum atomic E-state index is 13.9.